The van der Waals surface area contributed by atoms with Crippen LogP contribution in [0.2, 0.25) is 0 Å². The fraction of sp³-hybridized carbons (Fsp3) is 0.625. The van der Waals surface area contributed by atoms with Crippen LogP contribution in [0.5, 0.6) is 0 Å². The highest BCUT2D eigenvalue weighted by molar-refractivity contribution is 5.29. The van der Waals surface area contributed by atoms with Gasteiger partial charge in [0.1, 0.15) is 0 Å². The van der Waals surface area contributed by atoms with Gasteiger partial charge < -0.3 is 5.73 Å². The van der Waals surface area contributed by atoms with E-state index >= 15 is 0 Å². The van der Waals surface area contributed by atoms with Gasteiger partial charge in [-0.25, -0.2) is 0 Å². The summed E-state index contributed by atoms with van der Waals surface area (Å²) < 4.78 is 0. The lowest BCUT2D eigenvalue weighted by molar-refractivity contribution is 0.226. The Balaban J connectivity index is 1.94. The predicted molar refractivity (Wildman–Crippen MR) is 71.9 cm³/mol. The zero-order valence-electron chi connectivity index (χ0n) is 10.6. The molecule has 2 fully saturated rings. The smallest absolute Gasteiger partial charge is 0.0165 e. The van der Waals surface area contributed by atoms with Crippen LogP contribution < -0.4 is 5.73 Å². The fourth-order valence-corrected chi connectivity index (χ4v) is 3.67. The van der Waals surface area contributed by atoms with Crippen LogP contribution in [-0.4, -0.2) is 6.04 Å². The van der Waals surface area contributed by atoms with Gasteiger partial charge in [0.2, 0.25) is 0 Å². The number of hydrogen-bond donors (Lipinski definition) is 1. The predicted octanol–water partition coefficient (Wildman–Crippen LogP) is 3.63. The third-order valence-corrected chi connectivity index (χ3v) is 4.86. The molecule has 0 unspecified atom stereocenters. The second kappa shape index (κ2) is 4.45. The van der Waals surface area contributed by atoms with Crippen LogP contribution >= 0.6 is 0 Å². The highest BCUT2D eigenvalue weighted by atomic mass is 14.7. The van der Waals surface area contributed by atoms with Crippen molar-refractivity contribution in [1.29, 1.82) is 0 Å². The van der Waals surface area contributed by atoms with Crippen LogP contribution in [0.3, 0.4) is 0 Å². The van der Waals surface area contributed by atoms with Gasteiger partial charge in [-0.3, -0.25) is 0 Å². The first-order chi connectivity index (χ1) is 8.33. The summed E-state index contributed by atoms with van der Waals surface area (Å²) in [6.07, 6.45) is 9.42. The van der Waals surface area contributed by atoms with Gasteiger partial charge in [0, 0.05) is 11.5 Å². The van der Waals surface area contributed by atoms with Gasteiger partial charge in [0.25, 0.3) is 0 Å². The minimum atomic E-state index is 0.292. The maximum atomic E-state index is 6.62. The molecule has 2 aliphatic rings. The number of hydrogen-bond acceptors (Lipinski definition) is 1. The monoisotopic (exact) mass is 229 g/mol. The standard InChI is InChI=1S/C16H23N/c17-15(13-9-10-13)16(11-5-2-6-12-16)14-7-3-1-4-8-14/h1,3-4,7-8,13,15H,2,5-6,9-12,17H2/t15-/m1/s1. The molecule has 0 bridgehead atoms. The Kier molecular flexibility index (Phi) is 2.96. The molecule has 3 rings (SSSR count). The summed E-state index contributed by atoms with van der Waals surface area (Å²) in [4.78, 5) is 0. The summed E-state index contributed by atoms with van der Waals surface area (Å²) in [6, 6.07) is 11.4. The Morgan fingerprint density at radius 2 is 1.65 bits per heavy atom. The van der Waals surface area contributed by atoms with Gasteiger partial charge >= 0.3 is 0 Å². The molecule has 2 aliphatic carbocycles. The van der Waals surface area contributed by atoms with Crippen molar-refractivity contribution in [2.24, 2.45) is 11.7 Å². The van der Waals surface area contributed by atoms with Gasteiger partial charge in [0.05, 0.1) is 0 Å². The first kappa shape index (κ1) is 11.3. The normalized spacial score (nSPS) is 25.5. The van der Waals surface area contributed by atoms with E-state index in [1.54, 1.807) is 0 Å². The molecule has 0 spiro atoms. The molecular weight excluding hydrogens is 206 g/mol. The van der Waals surface area contributed by atoms with Gasteiger partial charge in [0.15, 0.2) is 0 Å². The molecule has 2 saturated carbocycles. The highest BCUT2D eigenvalue weighted by Gasteiger charge is 2.45. The summed E-state index contributed by atoms with van der Waals surface area (Å²) >= 11 is 0. The van der Waals surface area contributed by atoms with Crippen molar-refractivity contribution >= 4 is 0 Å². The Morgan fingerprint density at radius 3 is 2.24 bits per heavy atom. The molecule has 1 heteroatoms. The van der Waals surface area contributed by atoms with Crippen molar-refractivity contribution < 1.29 is 0 Å². The zero-order chi connectivity index (χ0) is 11.7. The Labute approximate surface area is 104 Å². The molecule has 0 heterocycles. The quantitative estimate of drug-likeness (QED) is 0.841. The van der Waals surface area contributed by atoms with Gasteiger partial charge in [-0.1, -0.05) is 49.6 Å². The first-order valence-electron chi connectivity index (χ1n) is 7.14. The van der Waals surface area contributed by atoms with Gasteiger partial charge in [-0.05, 0) is 37.2 Å². The average molecular weight is 229 g/mol. The number of nitrogens with two attached hydrogens (primary N) is 1. The fourth-order valence-electron chi connectivity index (χ4n) is 3.67. The largest absolute Gasteiger partial charge is 0.327 e. The second-order valence-corrected chi connectivity index (χ2v) is 5.95. The minimum Gasteiger partial charge on any atom is -0.327 e. The summed E-state index contributed by atoms with van der Waals surface area (Å²) in [5, 5.41) is 0. The van der Waals surface area contributed by atoms with E-state index in [1.165, 1.54) is 50.5 Å². The molecule has 0 radical (unpaired) electrons. The summed E-state index contributed by atoms with van der Waals surface area (Å²) in [5.41, 5.74) is 8.41. The molecule has 0 aromatic heterocycles. The molecule has 0 aliphatic heterocycles. The van der Waals surface area contributed by atoms with E-state index in [4.69, 9.17) is 5.73 Å². The summed E-state index contributed by atoms with van der Waals surface area (Å²) in [5.74, 6) is 0.799. The van der Waals surface area contributed by atoms with Crippen LogP contribution in [0, 0.1) is 5.92 Å². The van der Waals surface area contributed by atoms with E-state index in [-0.39, 0.29) is 0 Å². The number of benzene rings is 1. The molecule has 17 heavy (non-hydrogen) atoms. The molecule has 1 atom stereocenters. The van der Waals surface area contributed by atoms with Crippen LogP contribution in [0.15, 0.2) is 30.3 Å². The Bertz CT molecular complexity index is 360. The van der Waals surface area contributed by atoms with E-state index in [2.05, 4.69) is 30.3 Å². The van der Waals surface area contributed by atoms with E-state index < -0.39 is 0 Å². The van der Waals surface area contributed by atoms with Crippen molar-refractivity contribution in [3.8, 4) is 0 Å². The van der Waals surface area contributed by atoms with Crippen molar-refractivity contribution in [1.82, 2.24) is 0 Å². The average Bonchev–Trinajstić information content (AvgIpc) is 3.24. The summed E-state index contributed by atoms with van der Waals surface area (Å²) in [6.45, 7) is 0. The van der Waals surface area contributed by atoms with Crippen molar-refractivity contribution in [2.75, 3.05) is 0 Å². The molecule has 1 nitrogen and oxygen atoms in total. The molecule has 1 aromatic rings. The maximum Gasteiger partial charge on any atom is 0.0165 e. The lowest BCUT2D eigenvalue weighted by Gasteiger charge is -2.43. The molecule has 0 amide bonds. The van der Waals surface area contributed by atoms with E-state index in [0.717, 1.165) is 5.92 Å². The van der Waals surface area contributed by atoms with Crippen LogP contribution in [0.1, 0.15) is 50.5 Å². The zero-order valence-corrected chi connectivity index (χ0v) is 10.6. The maximum absolute atomic E-state index is 6.62. The lowest BCUT2D eigenvalue weighted by atomic mass is 9.64. The Hall–Kier alpha value is -0.820. The molecule has 0 saturated heterocycles. The molecule has 2 N–H and O–H groups in total. The summed E-state index contributed by atoms with van der Waals surface area (Å²) in [7, 11) is 0. The SMILES string of the molecule is N[C@H](C1CC1)C1(c2ccccc2)CCCCC1. The molecule has 92 valence electrons. The van der Waals surface area contributed by atoms with Gasteiger partial charge in [-0.15, -0.1) is 0 Å². The first-order valence-corrected chi connectivity index (χ1v) is 7.14. The van der Waals surface area contributed by atoms with E-state index in [1.807, 2.05) is 0 Å². The second-order valence-electron chi connectivity index (χ2n) is 5.95. The third-order valence-electron chi connectivity index (χ3n) is 4.86. The van der Waals surface area contributed by atoms with Crippen molar-refractivity contribution in [3.63, 3.8) is 0 Å². The van der Waals surface area contributed by atoms with Crippen LogP contribution in [-0.2, 0) is 5.41 Å². The van der Waals surface area contributed by atoms with Crippen molar-refractivity contribution in [2.45, 2.75) is 56.4 Å². The third kappa shape index (κ3) is 2.01. The van der Waals surface area contributed by atoms with Crippen molar-refractivity contribution in [3.05, 3.63) is 35.9 Å². The van der Waals surface area contributed by atoms with Crippen LogP contribution in [0.25, 0.3) is 0 Å². The topological polar surface area (TPSA) is 26.0 Å². The van der Waals surface area contributed by atoms with E-state index in [9.17, 15) is 0 Å². The molecular formula is C16H23N. The lowest BCUT2D eigenvalue weighted by Crippen LogP contribution is -2.48. The Morgan fingerprint density at radius 1 is 1.00 bits per heavy atom. The van der Waals surface area contributed by atoms with Crippen LogP contribution in [0.4, 0.5) is 0 Å². The van der Waals surface area contributed by atoms with E-state index in [0.29, 0.717) is 11.5 Å². The van der Waals surface area contributed by atoms with Gasteiger partial charge in [-0.2, -0.15) is 0 Å². The number of rotatable bonds is 3. The highest BCUT2D eigenvalue weighted by Crippen LogP contribution is 2.48. The minimum absolute atomic E-state index is 0.292. The molecule has 1 aromatic carbocycles.